The average Bonchev–Trinajstić information content (AvgIpc) is 2.80. The Morgan fingerprint density at radius 2 is 1.82 bits per heavy atom. The van der Waals surface area contributed by atoms with Crippen LogP contribution < -0.4 is 16.4 Å². The fourth-order valence-corrected chi connectivity index (χ4v) is 3.75. The molecule has 2 amide bonds. The molecule has 1 aromatic heterocycles. The smallest absolute Gasteiger partial charge is 0.272 e. The third kappa shape index (κ3) is 5.33. The van der Waals surface area contributed by atoms with Gasteiger partial charge in [0.1, 0.15) is 0 Å². The fourth-order valence-electron chi connectivity index (χ4n) is 2.94. The van der Waals surface area contributed by atoms with Gasteiger partial charge in [-0.3, -0.25) is 35.3 Å². The van der Waals surface area contributed by atoms with Gasteiger partial charge in [-0.2, -0.15) is 18.3 Å². The van der Waals surface area contributed by atoms with Crippen LogP contribution in [0.5, 0.6) is 0 Å². The lowest BCUT2D eigenvalue weighted by Gasteiger charge is -2.11. The Labute approximate surface area is 193 Å². The molecule has 0 aliphatic heterocycles. The van der Waals surface area contributed by atoms with Gasteiger partial charge in [-0.05, 0) is 25.1 Å². The van der Waals surface area contributed by atoms with Crippen molar-refractivity contribution in [3.05, 3.63) is 74.2 Å². The first-order valence-electron chi connectivity index (χ1n) is 9.60. The molecule has 178 valence electrons. The zero-order valence-electron chi connectivity index (χ0n) is 17.4. The first kappa shape index (κ1) is 24.7. The van der Waals surface area contributed by atoms with Gasteiger partial charge < -0.3 is 0 Å². The van der Waals surface area contributed by atoms with E-state index in [0.717, 1.165) is 10.7 Å². The van der Waals surface area contributed by atoms with Crippen LogP contribution in [0.3, 0.4) is 0 Å². The molecule has 0 spiro atoms. The van der Waals surface area contributed by atoms with E-state index >= 15 is 0 Å². The Morgan fingerprint density at radius 1 is 1.15 bits per heavy atom. The third-order valence-electron chi connectivity index (χ3n) is 4.54. The van der Waals surface area contributed by atoms with Gasteiger partial charge in [0.05, 0.1) is 26.5 Å². The summed E-state index contributed by atoms with van der Waals surface area (Å²) < 4.78 is 39.5. The number of aromatic nitrogens is 2. The maximum absolute atomic E-state index is 12.8. The largest absolute Gasteiger partial charge is 0.416 e. The number of alkyl halides is 3. The van der Waals surface area contributed by atoms with Gasteiger partial charge in [0.25, 0.3) is 17.2 Å². The van der Waals surface area contributed by atoms with E-state index in [-0.39, 0.29) is 33.5 Å². The predicted octanol–water partition coefficient (Wildman–Crippen LogP) is 2.90. The third-order valence-corrected chi connectivity index (χ3v) is 5.60. The van der Waals surface area contributed by atoms with E-state index in [9.17, 15) is 37.7 Å². The van der Waals surface area contributed by atoms with Crippen molar-refractivity contribution in [1.29, 1.82) is 0 Å². The SMILES string of the molecule is CCn1nc(C(=O)NNC(=O)CSc2ccc(C(F)(F)F)cc2[N+](=O)[O-])c2ccccc2c1=O. The van der Waals surface area contributed by atoms with Crippen molar-refractivity contribution in [3.8, 4) is 0 Å². The molecule has 0 radical (unpaired) electrons. The van der Waals surface area contributed by atoms with Crippen molar-refractivity contribution < 1.29 is 27.7 Å². The number of nitro groups is 1. The topological polar surface area (TPSA) is 136 Å². The van der Waals surface area contributed by atoms with Gasteiger partial charge in [-0.15, -0.1) is 11.8 Å². The molecule has 0 aliphatic carbocycles. The quantitative estimate of drug-likeness (QED) is 0.305. The highest BCUT2D eigenvalue weighted by molar-refractivity contribution is 8.00. The van der Waals surface area contributed by atoms with Gasteiger partial charge in [-0.25, -0.2) is 4.68 Å². The average molecular weight is 495 g/mol. The van der Waals surface area contributed by atoms with Crippen LogP contribution in [0.4, 0.5) is 18.9 Å². The number of nitrogens with one attached hydrogen (secondary N) is 2. The first-order chi connectivity index (χ1) is 16.0. The molecule has 0 aliphatic rings. The predicted molar refractivity (Wildman–Crippen MR) is 116 cm³/mol. The molecule has 0 fully saturated rings. The first-order valence-corrected chi connectivity index (χ1v) is 10.6. The summed E-state index contributed by atoms with van der Waals surface area (Å²) in [6.45, 7) is 1.88. The molecule has 34 heavy (non-hydrogen) atoms. The molecule has 2 N–H and O–H groups in total. The maximum Gasteiger partial charge on any atom is 0.416 e. The van der Waals surface area contributed by atoms with Crippen LogP contribution in [-0.2, 0) is 17.5 Å². The van der Waals surface area contributed by atoms with Crippen molar-refractivity contribution in [3.63, 3.8) is 0 Å². The number of nitrogens with zero attached hydrogens (tertiary/aromatic N) is 3. The van der Waals surface area contributed by atoms with Crippen LogP contribution in [-0.4, -0.2) is 32.3 Å². The minimum Gasteiger partial charge on any atom is -0.272 e. The number of hydrogen-bond acceptors (Lipinski definition) is 7. The molecule has 0 saturated carbocycles. The monoisotopic (exact) mass is 495 g/mol. The molecule has 3 aromatic rings. The van der Waals surface area contributed by atoms with Crippen molar-refractivity contribution in [2.45, 2.75) is 24.5 Å². The molecular weight excluding hydrogens is 479 g/mol. The number of carbonyl (C=O) groups is 2. The number of nitro benzene ring substituents is 1. The van der Waals surface area contributed by atoms with Crippen LogP contribution in [0.25, 0.3) is 10.8 Å². The Hall–Kier alpha value is -3.94. The van der Waals surface area contributed by atoms with Gasteiger partial charge >= 0.3 is 6.18 Å². The molecule has 2 aromatic carbocycles. The zero-order valence-corrected chi connectivity index (χ0v) is 18.2. The number of benzene rings is 2. The lowest BCUT2D eigenvalue weighted by molar-refractivity contribution is -0.388. The highest BCUT2D eigenvalue weighted by atomic mass is 32.2. The molecule has 0 unspecified atom stereocenters. The number of fused-ring (bicyclic) bond motifs is 1. The molecular formula is C20H16F3N5O5S. The van der Waals surface area contributed by atoms with Gasteiger partial charge in [0.15, 0.2) is 5.69 Å². The summed E-state index contributed by atoms with van der Waals surface area (Å²) in [7, 11) is 0. The van der Waals surface area contributed by atoms with Crippen molar-refractivity contribution in [2.24, 2.45) is 0 Å². The van der Waals surface area contributed by atoms with E-state index in [2.05, 4.69) is 16.0 Å². The lowest BCUT2D eigenvalue weighted by Crippen LogP contribution is -2.43. The van der Waals surface area contributed by atoms with Crippen LogP contribution in [0.15, 0.2) is 52.2 Å². The van der Waals surface area contributed by atoms with Crippen molar-refractivity contribution >= 4 is 40.0 Å². The Kier molecular flexibility index (Phi) is 7.20. The maximum atomic E-state index is 12.8. The summed E-state index contributed by atoms with van der Waals surface area (Å²) in [6, 6.07) is 8.28. The molecule has 0 bridgehead atoms. The lowest BCUT2D eigenvalue weighted by atomic mass is 10.1. The number of carbonyl (C=O) groups excluding carboxylic acids is 2. The summed E-state index contributed by atoms with van der Waals surface area (Å²) in [5.74, 6) is -2.02. The van der Waals surface area contributed by atoms with Crippen molar-refractivity contribution in [2.75, 3.05) is 5.75 Å². The molecule has 3 rings (SSSR count). The number of amides is 2. The van der Waals surface area contributed by atoms with E-state index in [1.54, 1.807) is 19.1 Å². The normalized spacial score (nSPS) is 11.3. The number of hydrogen-bond donors (Lipinski definition) is 2. The summed E-state index contributed by atoms with van der Waals surface area (Å²) in [5.41, 5.74) is 1.79. The Balaban J connectivity index is 1.70. The standard InChI is InChI=1S/C20H16F3N5O5S/c1-2-27-19(31)13-6-4-3-5-12(13)17(26-27)18(30)25-24-16(29)10-34-15-8-7-11(20(21,22)23)9-14(15)28(32)33/h3-9H,2,10H2,1H3,(H,24,29)(H,25,30). The van der Waals surface area contributed by atoms with E-state index in [1.165, 1.54) is 12.1 Å². The molecule has 10 nitrogen and oxygen atoms in total. The van der Waals surface area contributed by atoms with E-state index in [0.29, 0.717) is 23.9 Å². The molecule has 0 saturated heterocycles. The van der Waals surface area contributed by atoms with Crippen LogP contribution in [0.1, 0.15) is 23.0 Å². The van der Waals surface area contributed by atoms with E-state index in [1.807, 2.05) is 0 Å². The second kappa shape index (κ2) is 9.91. The van der Waals surface area contributed by atoms with E-state index in [4.69, 9.17) is 0 Å². The number of aryl methyl sites for hydroxylation is 1. The van der Waals surface area contributed by atoms with Gasteiger partial charge in [-0.1, -0.05) is 18.2 Å². The summed E-state index contributed by atoms with van der Waals surface area (Å²) in [4.78, 5) is 47.1. The van der Waals surface area contributed by atoms with Crippen molar-refractivity contribution in [1.82, 2.24) is 20.6 Å². The summed E-state index contributed by atoms with van der Waals surface area (Å²) in [6.07, 6.45) is -4.76. The second-order valence-electron chi connectivity index (χ2n) is 6.74. The highest BCUT2D eigenvalue weighted by Gasteiger charge is 2.33. The summed E-state index contributed by atoms with van der Waals surface area (Å²) >= 11 is 0.627. The Bertz CT molecular complexity index is 1340. The minimum absolute atomic E-state index is 0.108. The molecule has 0 atom stereocenters. The number of halogens is 3. The molecule has 14 heteroatoms. The van der Waals surface area contributed by atoms with Gasteiger partial charge in [0, 0.05) is 18.0 Å². The minimum atomic E-state index is -4.76. The second-order valence-corrected chi connectivity index (χ2v) is 7.76. The van der Waals surface area contributed by atoms with Crippen LogP contribution >= 0.6 is 11.8 Å². The number of rotatable bonds is 6. The Morgan fingerprint density at radius 3 is 2.44 bits per heavy atom. The highest BCUT2D eigenvalue weighted by Crippen LogP contribution is 2.36. The number of hydrazine groups is 1. The zero-order chi connectivity index (χ0) is 25.0. The van der Waals surface area contributed by atoms with E-state index < -0.39 is 39.9 Å². The number of thioether (sulfide) groups is 1. The molecule has 1 heterocycles. The van der Waals surface area contributed by atoms with Crippen LogP contribution in [0.2, 0.25) is 0 Å². The van der Waals surface area contributed by atoms with Crippen LogP contribution in [0, 0.1) is 10.1 Å². The fraction of sp³-hybridized carbons (Fsp3) is 0.200. The summed E-state index contributed by atoms with van der Waals surface area (Å²) in [5, 5.41) is 15.7. The van der Waals surface area contributed by atoms with Gasteiger partial charge in [0.2, 0.25) is 5.91 Å².